The Morgan fingerprint density at radius 3 is 2.52 bits per heavy atom. The molecule has 0 aromatic heterocycles. The summed E-state index contributed by atoms with van der Waals surface area (Å²) in [7, 11) is -3.48. The molecule has 0 radical (unpaired) electrons. The highest BCUT2D eigenvalue weighted by Gasteiger charge is 2.22. The van der Waals surface area contributed by atoms with Crippen molar-refractivity contribution in [3.05, 3.63) is 28.3 Å². The van der Waals surface area contributed by atoms with Gasteiger partial charge in [0.2, 0.25) is 0 Å². The summed E-state index contributed by atoms with van der Waals surface area (Å²) in [5.74, 6) is 0. The lowest BCUT2D eigenvalue weighted by Crippen LogP contribution is -2.45. The molecule has 2 atom stereocenters. The molecule has 2 rings (SSSR count). The molecule has 0 spiro atoms. The maximum absolute atomic E-state index is 11.5. The van der Waals surface area contributed by atoms with E-state index < -0.39 is 14.8 Å². The minimum Gasteiger partial charge on any atom is -0.379 e. The van der Waals surface area contributed by atoms with E-state index in [-0.39, 0.29) is 22.8 Å². The number of nitrogens with zero attached hydrogens (tertiary/aromatic N) is 2. The van der Waals surface area contributed by atoms with E-state index in [9.17, 15) is 18.5 Å². The summed E-state index contributed by atoms with van der Waals surface area (Å²) in [4.78, 5) is 12.9. The molecule has 1 heterocycles. The molecule has 140 valence electrons. The fraction of sp³-hybridized carbons (Fsp3) is 0.625. The molecular formula is C16H25N3O5S. The SMILES string of the molecule is CC1CN(CCCNc2ccc(S(C)(=O)=O)cc2[N+](=O)[O-])CC(C)O1. The second kappa shape index (κ2) is 8.11. The third-order valence-corrected chi connectivity index (χ3v) is 5.17. The summed E-state index contributed by atoms with van der Waals surface area (Å²) in [6.45, 7) is 7.31. The Morgan fingerprint density at radius 1 is 1.32 bits per heavy atom. The zero-order valence-corrected chi connectivity index (χ0v) is 15.6. The lowest BCUT2D eigenvalue weighted by molar-refractivity contribution is -0.384. The van der Waals surface area contributed by atoms with Crippen LogP contribution in [0.4, 0.5) is 11.4 Å². The van der Waals surface area contributed by atoms with Crippen LogP contribution in [0, 0.1) is 10.1 Å². The predicted octanol–water partition coefficient (Wildman–Crippen LogP) is 1.91. The van der Waals surface area contributed by atoms with Crippen LogP contribution in [-0.4, -0.2) is 62.9 Å². The molecule has 1 aliphatic heterocycles. The van der Waals surface area contributed by atoms with E-state index in [1.165, 1.54) is 12.1 Å². The minimum atomic E-state index is -3.48. The van der Waals surface area contributed by atoms with Gasteiger partial charge in [0, 0.05) is 38.5 Å². The number of rotatable bonds is 7. The van der Waals surface area contributed by atoms with Gasteiger partial charge in [0.05, 0.1) is 22.0 Å². The van der Waals surface area contributed by atoms with Gasteiger partial charge < -0.3 is 10.1 Å². The largest absolute Gasteiger partial charge is 0.379 e. The Balaban J connectivity index is 1.93. The number of benzene rings is 1. The molecule has 0 saturated carbocycles. The molecule has 1 aromatic carbocycles. The normalized spacial score (nSPS) is 21.9. The Labute approximate surface area is 148 Å². The Morgan fingerprint density at radius 2 is 1.96 bits per heavy atom. The molecule has 1 fully saturated rings. The van der Waals surface area contributed by atoms with Crippen molar-refractivity contribution in [3.63, 3.8) is 0 Å². The lowest BCUT2D eigenvalue weighted by atomic mass is 10.2. The average Bonchev–Trinajstić information content (AvgIpc) is 2.49. The average molecular weight is 371 g/mol. The number of hydrogen-bond donors (Lipinski definition) is 1. The molecule has 1 saturated heterocycles. The number of morpholine rings is 1. The van der Waals surface area contributed by atoms with Crippen LogP contribution in [0.3, 0.4) is 0 Å². The van der Waals surface area contributed by atoms with Crippen LogP contribution in [-0.2, 0) is 14.6 Å². The highest BCUT2D eigenvalue weighted by molar-refractivity contribution is 7.90. The summed E-state index contributed by atoms with van der Waals surface area (Å²) in [6, 6.07) is 3.94. The van der Waals surface area contributed by atoms with Gasteiger partial charge in [0.25, 0.3) is 5.69 Å². The van der Waals surface area contributed by atoms with Crippen molar-refractivity contribution in [3.8, 4) is 0 Å². The molecule has 0 bridgehead atoms. The van der Waals surface area contributed by atoms with Crippen LogP contribution in [0.15, 0.2) is 23.1 Å². The van der Waals surface area contributed by atoms with Crippen LogP contribution in [0.25, 0.3) is 0 Å². The van der Waals surface area contributed by atoms with E-state index in [2.05, 4.69) is 10.2 Å². The van der Waals surface area contributed by atoms with Crippen LogP contribution >= 0.6 is 0 Å². The van der Waals surface area contributed by atoms with E-state index in [0.717, 1.165) is 38.4 Å². The predicted molar refractivity (Wildman–Crippen MR) is 95.8 cm³/mol. The van der Waals surface area contributed by atoms with E-state index in [0.29, 0.717) is 12.2 Å². The van der Waals surface area contributed by atoms with Crippen molar-refractivity contribution in [2.45, 2.75) is 37.4 Å². The number of nitro groups is 1. The lowest BCUT2D eigenvalue weighted by Gasteiger charge is -2.35. The van der Waals surface area contributed by atoms with Gasteiger partial charge in [0.15, 0.2) is 9.84 Å². The quantitative estimate of drug-likeness (QED) is 0.444. The van der Waals surface area contributed by atoms with Gasteiger partial charge in [0.1, 0.15) is 5.69 Å². The van der Waals surface area contributed by atoms with Crippen LogP contribution in [0.2, 0.25) is 0 Å². The third-order valence-electron chi connectivity index (χ3n) is 4.06. The summed E-state index contributed by atoms with van der Waals surface area (Å²) in [5.41, 5.74) is 0.109. The van der Waals surface area contributed by atoms with Gasteiger partial charge in [-0.3, -0.25) is 15.0 Å². The molecule has 8 nitrogen and oxygen atoms in total. The number of nitro benzene ring substituents is 1. The first-order valence-electron chi connectivity index (χ1n) is 8.27. The molecule has 9 heteroatoms. The standard InChI is InChI=1S/C16H25N3O5S/c1-12-10-18(11-13(2)24-12)8-4-7-17-15-6-5-14(25(3,22)23)9-16(15)19(20)21/h5-6,9,12-13,17H,4,7-8,10-11H2,1-3H3. The summed E-state index contributed by atoms with van der Waals surface area (Å²) in [5, 5.41) is 14.2. The summed E-state index contributed by atoms with van der Waals surface area (Å²) in [6.07, 6.45) is 2.27. The number of hydrogen-bond acceptors (Lipinski definition) is 7. The number of nitrogens with one attached hydrogen (secondary N) is 1. The van der Waals surface area contributed by atoms with E-state index in [1.54, 1.807) is 0 Å². The third kappa shape index (κ3) is 5.65. The molecule has 2 unspecified atom stereocenters. The first-order chi connectivity index (χ1) is 11.7. The van der Waals surface area contributed by atoms with Crippen molar-refractivity contribution in [1.82, 2.24) is 4.90 Å². The van der Waals surface area contributed by atoms with Gasteiger partial charge in [-0.2, -0.15) is 0 Å². The zero-order valence-electron chi connectivity index (χ0n) is 14.8. The van der Waals surface area contributed by atoms with E-state index in [4.69, 9.17) is 4.74 Å². The topological polar surface area (TPSA) is 102 Å². The molecule has 0 amide bonds. The Hall–Kier alpha value is -1.71. The van der Waals surface area contributed by atoms with Crippen LogP contribution in [0.1, 0.15) is 20.3 Å². The highest BCUT2D eigenvalue weighted by Crippen LogP contribution is 2.27. The number of anilines is 1. The van der Waals surface area contributed by atoms with Gasteiger partial charge in [-0.15, -0.1) is 0 Å². The fourth-order valence-corrected chi connectivity index (χ4v) is 3.68. The van der Waals surface area contributed by atoms with Gasteiger partial charge in [-0.1, -0.05) is 0 Å². The zero-order chi connectivity index (χ0) is 18.6. The molecule has 1 aromatic rings. The molecule has 1 aliphatic rings. The van der Waals surface area contributed by atoms with Crippen LogP contribution < -0.4 is 5.32 Å². The first kappa shape index (κ1) is 19.6. The Kier molecular flexibility index (Phi) is 6.36. The first-order valence-corrected chi connectivity index (χ1v) is 10.2. The number of ether oxygens (including phenoxy) is 1. The van der Waals surface area contributed by atoms with Crippen molar-refractivity contribution in [2.24, 2.45) is 0 Å². The van der Waals surface area contributed by atoms with Crippen molar-refractivity contribution < 1.29 is 18.1 Å². The second-order valence-corrected chi connectivity index (χ2v) is 8.52. The van der Waals surface area contributed by atoms with Gasteiger partial charge in [-0.05, 0) is 32.4 Å². The van der Waals surface area contributed by atoms with Gasteiger partial charge >= 0.3 is 0 Å². The summed E-state index contributed by atoms with van der Waals surface area (Å²) < 4.78 is 28.8. The second-order valence-electron chi connectivity index (χ2n) is 6.51. The highest BCUT2D eigenvalue weighted by atomic mass is 32.2. The smallest absolute Gasteiger partial charge is 0.293 e. The monoisotopic (exact) mass is 371 g/mol. The maximum atomic E-state index is 11.5. The fourth-order valence-electron chi connectivity index (χ4n) is 3.04. The van der Waals surface area contributed by atoms with Crippen LogP contribution in [0.5, 0.6) is 0 Å². The van der Waals surface area contributed by atoms with Crippen molar-refractivity contribution in [1.29, 1.82) is 0 Å². The Bertz CT molecular complexity index is 712. The molecule has 0 aliphatic carbocycles. The van der Waals surface area contributed by atoms with Crippen molar-refractivity contribution >= 4 is 21.2 Å². The molecule has 25 heavy (non-hydrogen) atoms. The maximum Gasteiger partial charge on any atom is 0.293 e. The molecule has 1 N–H and O–H groups in total. The summed E-state index contributed by atoms with van der Waals surface area (Å²) >= 11 is 0. The van der Waals surface area contributed by atoms with E-state index >= 15 is 0 Å². The minimum absolute atomic E-state index is 0.0546. The van der Waals surface area contributed by atoms with E-state index in [1.807, 2.05) is 13.8 Å². The number of sulfone groups is 1. The van der Waals surface area contributed by atoms with Gasteiger partial charge in [-0.25, -0.2) is 8.42 Å². The molecular weight excluding hydrogens is 346 g/mol. The van der Waals surface area contributed by atoms with Crippen molar-refractivity contribution in [2.75, 3.05) is 37.8 Å².